The number of nitrogens with zero attached hydrogens (tertiary/aromatic N) is 7. The summed E-state index contributed by atoms with van der Waals surface area (Å²) in [6.45, 7) is 0.276. The van der Waals surface area contributed by atoms with Gasteiger partial charge in [-0.3, -0.25) is 28.2 Å². The molecule has 1 atom stereocenters. The van der Waals surface area contributed by atoms with Gasteiger partial charge in [-0.05, 0) is 79.8 Å². The molecule has 1 amide bonds. The van der Waals surface area contributed by atoms with E-state index in [0.717, 1.165) is 21.4 Å². The van der Waals surface area contributed by atoms with Gasteiger partial charge in [0.2, 0.25) is 15.9 Å². The molecular weight excluding hydrogens is 880 g/mol. The maximum atomic E-state index is 15.1. The lowest BCUT2D eigenvalue weighted by Crippen LogP contribution is -2.38. The molecular formula is C41H38ClF6N9O5S. The largest absolute Gasteiger partial charge is 0.378 e. The molecule has 9 rings (SSSR count). The van der Waals surface area contributed by atoms with Gasteiger partial charge in [-0.1, -0.05) is 11.6 Å². The molecule has 2 aliphatic carbocycles. The highest BCUT2D eigenvalue weighted by Gasteiger charge is 2.38. The van der Waals surface area contributed by atoms with Gasteiger partial charge in [0.15, 0.2) is 5.82 Å². The van der Waals surface area contributed by atoms with Crippen LogP contribution >= 0.6 is 11.6 Å². The van der Waals surface area contributed by atoms with Crippen LogP contribution < -0.4 is 20.5 Å². The second-order valence-electron chi connectivity index (χ2n) is 15.8. The number of sulfonamides is 1. The Bertz CT molecular complexity index is 2910. The van der Waals surface area contributed by atoms with Crippen LogP contribution in [0.1, 0.15) is 66.8 Å². The molecule has 6 aromatic rings. The Balaban J connectivity index is 1.26. The van der Waals surface area contributed by atoms with E-state index in [4.69, 9.17) is 21.3 Å². The first-order valence-corrected chi connectivity index (χ1v) is 22.0. The number of amides is 1. The van der Waals surface area contributed by atoms with Crippen LogP contribution in [0.15, 0.2) is 59.4 Å². The van der Waals surface area contributed by atoms with E-state index in [9.17, 15) is 39.6 Å². The Morgan fingerprint density at radius 2 is 1.65 bits per heavy atom. The first kappa shape index (κ1) is 42.6. The Labute approximate surface area is 359 Å². The summed E-state index contributed by atoms with van der Waals surface area (Å²) in [5.41, 5.74) is -0.405. The van der Waals surface area contributed by atoms with Gasteiger partial charge in [0, 0.05) is 42.9 Å². The van der Waals surface area contributed by atoms with E-state index in [1.54, 1.807) is 12.1 Å². The summed E-state index contributed by atoms with van der Waals surface area (Å²) in [7, 11) is -4.02. The lowest BCUT2D eigenvalue weighted by molar-refractivity contribution is -0.122. The Kier molecular flexibility index (Phi) is 11.4. The molecule has 63 heavy (non-hydrogen) atoms. The van der Waals surface area contributed by atoms with Crippen LogP contribution in [0.2, 0.25) is 5.02 Å². The van der Waals surface area contributed by atoms with Gasteiger partial charge >= 0.3 is 0 Å². The minimum absolute atomic E-state index is 0.0132. The molecule has 0 bridgehead atoms. The summed E-state index contributed by atoms with van der Waals surface area (Å²) in [6, 6.07) is 10.0. The van der Waals surface area contributed by atoms with Crippen molar-refractivity contribution in [1.29, 1.82) is 0 Å². The van der Waals surface area contributed by atoms with Crippen molar-refractivity contribution in [3.63, 3.8) is 0 Å². The van der Waals surface area contributed by atoms with Crippen LogP contribution in [0.25, 0.3) is 27.5 Å². The highest BCUT2D eigenvalue weighted by atomic mass is 35.5. The predicted octanol–water partition coefficient (Wildman–Crippen LogP) is 6.78. The molecule has 1 saturated heterocycles. The van der Waals surface area contributed by atoms with Crippen molar-refractivity contribution >= 4 is 60.8 Å². The van der Waals surface area contributed by atoms with E-state index in [0.29, 0.717) is 69.4 Å². The molecule has 0 spiro atoms. The normalized spacial score (nSPS) is 16.4. The maximum Gasteiger partial charge on any atom is 0.282 e. The molecule has 332 valence electrons. The van der Waals surface area contributed by atoms with Crippen molar-refractivity contribution in [2.75, 3.05) is 35.9 Å². The number of rotatable bonds is 15. The van der Waals surface area contributed by atoms with E-state index in [1.807, 2.05) is 4.90 Å². The molecule has 0 radical (unpaired) electrons. The maximum absolute atomic E-state index is 15.1. The first-order chi connectivity index (χ1) is 30.1. The lowest BCUT2D eigenvalue weighted by atomic mass is 10.0. The highest BCUT2D eigenvalue weighted by Crippen LogP contribution is 2.42. The van der Waals surface area contributed by atoms with E-state index in [-0.39, 0.29) is 55.6 Å². The zero-order chi connectivity index (χ0) is 44.3. The third-order valence-corrected chi connectivity index (χ3v) is 13.3. The SMILES string of the molecule is O=C(Cn1nc(C(F)F)cc1C1CC1)N[C@@H](Cc1cc(F)cc(F)c1)c1nc2cc(N3CCOCC3)ccc2c(=O)n1-c1ccc(Cl)c2c(NS(=O)(=O)C3CC3)nn(CC(F)F)c12. The van der Waals surface area contributed by atoms with Crippen molar-refractivity contribution < 1.29 is 44.3 Å². The van der Waals surface area contributed by atoms with Crippen LogP contribution in [0.3, 0.4) is 0 Å². The van der Waals surface area contributed by atoms with Crippen LogP contribution in [-0.2, 0) is 39.1 Å². The second-order valence-corrected chi connectivity index (χ2v) is 18.2. The molecule has 1 aliphatic heterocycles. The Morgan fingerprint density at radius 3 is 2.32 bits per heavy atom. The molecule has 14 nitrogen and oxygen atoms in total. The molecule has 3 fully saturated rings. The fourth-order valence-corrected chi connectivity index (χ4v) is 9.57. The van der Waals surface area contributed by atoms with Gasteiger partial charge in [0.05, 0.1) is 57.0 Å². The fraction of sp³-hybridized carbons (Fsp3) is 0.390. The summed E-state index contributed by atoms with van der Waals surface area (Å²) in [5, 5.41) is 10.1. The van der Waals surface area contributed by atoms with Gasteiger partial charge in [-0.25, -0.2) is 39.7 Å². The van der Waals surface area contributed by atoms with E-state index in [2.05, 4.69) is 20.2 Å². The van der Waals surface area contributed by atoms with E-state index in [1.165, 1.54) is 28.9 Å². The quantitative estimate of drug-likeness (QED) is 0.106. The number of nitrogens with one attached hydrogen (secondary N) is 2. The second kappa shape index (κ2) is 16.8. The fourth-order valence-electron chi connectivity index (χ4n) is 7.99. The molecule has 3 aromatic heterocycles. The standard InChI is InChI=1S/C41H38ClF6N9O5S/c42-28-7-8-32(37-36(28)39(52-56(37)19-34(45)46)53-63(60,61)26-4-5-26)57-40(50-29-17-25(3-6-27(29)41(57)59)54-9-11-62-12-10-54)31(15-21-13-23(43)16-24(44)14-21)49-35(58)20-55-33(22-1-2-22)18-30(51-55)38(47)48/h3,6-8,13-14,16-18,22,26,31,34,38H,1-2,4-5,9-12,15,19-20H2,(H,49,58)(H,52,53)/t31-/m0/s1. The van der Waals surface area contributed by atoms with E-state index < -0.39 is 82.5 Å². The topological polar surface area (TPSA) is 158 Å². The zero-order valence-electron chi connectivity index (χ0n) is 33.1. The number of halogens is 7. The average Bonchev–Trinajstić information content (AvgIpc) is 4.17. The monoisotopic (exact) mass is 917 g/mol. The number of morpholine rings is 1. The number of ether oxygens (including phenoxy) is 1. The van der Waals surface area contributed by atoms with Crippen LogP contribution in [-0.4, -0.2) is 81.4 Å². The Morgan fingerprint density at radius 1 is 0.921 bits per heavy atom. The van der Waals surface area contributed by atoms with Crippen molar-refractivity contribution in [2.45, 2.75) is 75.3 Å². The summed E-state index contributed by atoms with van der Waals surface area (Å²) in [4.78, 5) is 36.2. The molecule has 22 heteroatoms. The smallest absolute Gasteiger partial charge is 0.282 e. The predicted molar refractivity (Wildman–Crippen MR) is 220 cm³/mol. The highest BCUT2D eigenvalue weighted by molar-refractivity contribution is 7.93. The summed E-state index contributed by atoms with van der Waals surface area (Å²) < 4.78 is 123. The van der Waals surface area contributed by atoms with Crippen LogP contribution in [0.5, 0.6) is 0 Å². The molecule has 0 unspecified atom stereocenters. The van der Waals surface area contributed by atoms with Crippen LogP contribution in [0, 0.1) is 11.6 Å². The number of aromatic nitrogens is 6. The molecule has 3 aliphatic rings. The lowest BCUT2D eigenvalue weighted by Gasteiger charge is -2.29. The summed E-state index contributed by atoms with van der Waals surface area (Å²) in [6.07, 6.45) is -4.21. The van der Waals surface area contributed by atoms with Gasteiger partial charge in [0.1, 0.15) is 36.2 Å². The van der Waals surface area contributed by atoms with Gasteiger partial charge in [-0.2, -0.15) is 10.2 Å². The van der Waals surface area contributed by atoms with E-state index >= 15 is 4.79 Å². The number of carbonyl (C=O) groups is 1. The van der Waals surface area contributed by atoms with Gasteiger partial charge in [0.25, 0.3) is 18.4 Å². The number of hydrogen-bond donors (Lipinski definition) is 2. The van der Waals surface area contributed by atoms with Crippen LogP contribution in [0.4, 0.5) is 37.8 Å². The molecule has 2 saturated carbocycles. The third kappa shape index (κ3) is 8.82. The number of carbonyl (C=O) groups excluding carboxylic acids is 1. The molecule has 3 aromatic carbocycles. The number of anilines is 2. The number of benzene rings is 3. The Hall–Kier alpha value is -5.67. The summed E-state index contributed by atoms with van der Waals surface area (Å²) in [5.74, 6) is -3.40. The van der Waals surface area contributed by atoms with Crippen molar-refractivity contribution in [2.24, 2.45) is 0 Å². The minimum atomic E-state index is -4.02. The summed E-state index contributed by atoms with van der Waals surface area (Å²) >= 11 is 6.69. The van der Waals surface area contributed by atoms with Crippen molar-refractivity contribution in [3.05, 3.63) is 104 Å². The number of fused-ring (bicyclic) bond motifs is 2. The average molecular weight is 918 g/mol. The molecule has 4 heterocycles. The minimum Gasteiger partial charge on any atom is -0.378 e. The van der Waals surface area contributed by atoms with Crippen molar-refractivity contribution in [3.8, 4) is 5.69 Å². The third-order valence-electron chi connectivity index (χ3n) is 11.2. The van der Waals surface area contributed by atoms with Crippen molar-refractivity contribution in [1.82, 2.24) is 34.4 Å². The van der Waals surface area contributed by atoms with Gasteiger partial charge in [-0.15, -0.1) is 0 Å². The first-order valence-electron chi connectivity index (χ1n) is 20.1. The number of hydrogen-bond acceptors (Lipinski definition) is 9. The number of alkyl halides is 4. The zero-order valence-corrected chi connectivity index (χ0v) is 34.7. The van der Waals surface area contributed by atoms with Gasteiger partial charge < -0.3 is 15.0 Å². The molecule has 2 N–H and O–H groups in total.